The molecule has 1 fully saturated rings. The molecule has 0 aliphatic carbocycles. The topological polar surface area (TPSA) is 92.5 Å². The van der Waals surface area contributed by atoms with Crippen LogP contribution >= 0.6 is 0 Å². The Kier molecular flexibility index (Phi) is 4.65. The quantitative estimate of drug-likeness (QED) is 0.845. The molecule has 1 aliphatic heterocycles. The average molecular weight is 311 g/mol. The van der Waals surface area contributed by atoms with Crippen molar-refractivity contribution in [1.29, 1.82) is 0 Å². The highest BCUT2D eigenvalue weighted by molar-refractivity contribution is 7.89. The Morgan fingerprint density at radius 2 is 1.90 bits per heavy atom. The van der Waals surface area contributed by atoms with Gasteiger partial charge in [-0.25, -0.2) is 8.42 Å². The Morgan fingerprint density at radius 1 is 1.29 bits per heavy atom. The van der Waals surface area contributed by atoms with Crippen molar-refractivity contribution in [2.24, 2.45) is 11.7 Å². The first-order chi connectivity index (χ1) is 9.84. The fourth-order valence-electron chi connectivity index (χ4n) is 2.62. The number of hydrogen-bond acceptors (Lipinski definition) is 4. The van der Waals surface area contributed by atoms with Crippen molar-refractivity contribution in [2.75, 3.05) is 20.1 Å². The number of carbonyl (C=O) groups is 1. The molecule has 21 heavy (non-hydrogen) atoms. The smallest absolute Gasteiger partial charge is 0.251 e. The van der Waals surface area contributed by atoms with E-state index in [0.29, 0.717) is 18.7 Å². The van der Waals surface area contributed by atoms with Gasteiger partial charge in [-0.1, -0.05) is 6.92 Å². The molecule has 2 unspecified atom stereocenters. The van der Waals surface area contributed by atoms with Gasteiger partial charge < -0.3 is 11.1 Å². The minimum absolute atomic E-state index is 0.131. The van der Waals surface area contributed by atoms with Crippen LogP contribution in [0.25, 0.3) is 0 Å². The highest BCUT2D eigenvalue weighted by atomic mass is 32.2. The van der Waals surface area contributed by atoms with Gasteiger partial charge in [0.1, 0.15) is 0 Å². The number of benzene rings is 1. The van der Waals surface area contributed by atoms with Gasteiger partial charge in [0, 0.05) is 31.7 Å². The van der Waals surface area contributed by atoms with Crippen molar-refractivity contribution in [2.45, 2.75) is 24.3 Å². The van der Waals surface area contributed by atoms with E-state index in [1.54, 1.807) is 0 Å². The third kappa shape index (κ3) is 3.42. The molecule has 1 aromatic rings. The Bertz CT molecular complexity index is 603. The molecule has 1 aliphatic rings. The summed E-state index contributed by atoms with van der Waals surface area (Å²) in [6.07, 6.45) is 0.835. The van der Waals surface area contributed by atoms with Crippen LogP contribution in [0.4, 0.5) is 0 Å². The predicted molar refractivity (Wildman–Crippen MR) is 80.3 cm³/mol. The van der Waals surface area contributed by atoms with Gasteiger partial charge in [-0.15, -0.1) is 0 Å². The zero-order chi connectivity index (χ0) is 15.6. The zero-order valence-electron chi connectivity index (χ0n) is 12.2. The first kappa shape index (κ1) is 15.9. The Labute approximate surface area is 125 Å². The van der Waals surface area contributed by atoms with Crippen molar-refractivity contribution in [3.8, 4) is 0 Å². The van der Waals surface area contributed by atoms with E-state index in [0.717, 1.165) is 6.42 Å². The Hall–Kier alpha value is -1.44. The second-order valence-electron chi connectivity index (χ2n) is 5.53. The van der Waals surface area contributed by atoms with Gasteiger partial charge in [-0.3, -0.25) is 4.79 Å². The molecule has 6 nitrogen and oxygen atoms in total. The van der Waals surface area contributed by atoms with Crippen LogP contribution in [0, 0.1) is 5.92 Å². The Morgan fingerprint density at radius 3 is 2.43 bits per heavy atom. The summed E-state index contributed by atoms with van der Waals surface area (Å²) in [4.78, 5) is 11.7. The SMILES string of the molecule is CNC(=O)c1ccc(S(=O)(=O)N2CC(C)CC(N)C2)cc1. The van der Waals surface area contributed by atoms with Gasteiger partial charge in [0.25, 0.3) is 5.91 Å². The first-order valence-corrected chi connectivity index (χ1v) is 8.36. The van der Waals surface area contributed by atoms with Crippen LogP contribution in [0.15, 0.2) is 29.2 Å². The molecule has 3 N–H and O–H groups in total. The van der Waals surface area contributed by atoms with Gasteiger partial charge in [-0.05, 0) is 36.6 Å². The van der Waals surface area contributed by atoms with E-state index >= 15 is 0 Å². The van der Waals surface area contributed by atoms with E-state index < -0.39 is 10.0 Å². The fraction of sp³-hybridized carbons (Fsp3) is 0.500. The van der Waals surface area contributed by atoms with Gasteiger partial charge >= 0.3 is 0 Å². The standard InChI is InChI=1S/C14H21N3O3S/c1-10-7-12(15)9-17(8-10)21(19,20)13-5-3-11(4-6-13)14(18)16-2/h3-6,10,12H,7-9,15H2,1-2H3,(H,16,18). The summed E-state index contributed by atoms with van der Waals surface area (Å²) in [7, 11) is -2.02. The molecule has 0 aromatic heterocycles. The van der Waals surface area contributed by atoms with E-state index in [2.05, 4.69) is 5.32 Å². The summed E-state index contributed by atoms with van der Waals surface area (Å²) in [5, 5.41) is 2.50. The fourth-order valence-corrected chi connectivity index (χ4v) is 4.23. The highest BCUT2D eigenvalue weighted by Gasteiger charge is 2.31. The lowest BCUT2D eigenvalue weighted by atomic mass is 9.99. The minimum atomic E-state index is -3.56. The summed E-state index contributed by atoms with van der Waals surface area (Å²) in [6.45, 7) is 2.81. The van der Waals surface area contributed by atoms with Crippen LogP contribution in [0.3, 0.4) is 0 Å². The molecule has 2 atom stereocenters. The lowest BCUT2D eigenvalue weighted by Crippen LogP contribution is -2.48. The lowest BCUT2D eigenvalue weighted by molar-refractivity contribution is 0.0963. The van der Waals surface area contributed by atoms with Gasteiger partial charge in [-0.2, -0.15) is 4.31 Å². The normalized spacial score (nSPS) is 23.8. The van der Waals surface area contributed by atoms with Crippen molar-refractivity contribution in [3.63, 3.8) is 0 Å². The van der Waals surface area contributed by atoms with Crippen molar-refractivity contribution >= 4 is 15.9 Å². The van der Waals surface area contributed by atoms with E-state index in [4.69, 9.17) is 5.73 Å². The molecule has 2 rings (SSSR count). The van der Waals surface area contributed by atoms with Crippen LogP contribution in [-0.2, 0) is 10.0 Å². The van der Waals surface area contributed by atoms with Gasteiger partial charge in [0.05, 0.1) is 4.90 Å². The van der Waals surface area contributed by atoms with E-state index in [1.165, 1.54) is 35.6 Å². The molecule has 0 radical (unpaired) electrons. The first-order valence-electron chi connectivity index (χ1n) is 6.92. The molecule has 116 valence electrons. The van der Waals surface area contributed by atoms with Crippen LogP contribution in [0.5, 0.6) is 0 Å². The maximum atomic E-state index is 12.6. The molecule has 7 heteroatoms. The molecule has 0 bridgehead atoms. The second-order valence-corrected chi connectivity index (χ2v) is 7.46. The molecule has 1 aromatic carbocycles. The number of sulfonamides is 1. The van der Waals surface area contributed by atoms with Crippen LogP contribution in [0.1, 0.15) is 23.7 Å². The molecule has 0 saturated carbocycles. The van der Waals surface area contributed by atoms with Crippen molar-refractivity contribution in [3.05, 3.63) is 29.8 Å². The number of amides is 1. The molecule has 0 spiro atoms. The predicted octanol–water partition coefficient (Wildman–Crippen LogP) is 0.404. The monoisotopic (exact) mass is 311 g/mol. The van der Waals surface area contributed by atoms with E-state index in [1.807, 2.05) is 6.92 Å². The molecule has 1 heterocycles. The maximum absolute atomic E-state index is 12.6. The highest BCUT2D eigenvalue weighted by Crippen LogP contribution is 2.23. The van der Waals surface area contributed by atoms with Crippen LogP contribution in [-0.4, -0.2) is 44.8 Å². The average Bonchev–Trinajstić information content (AvgIpc) is 2.45. The minimum Gasteiger partial charge on any atom is -0.355 e. The summed E-state index contributed by atoms with van der Waals surface area (Å²) in [6, 6.07) is 5.82. The van der Waals surface area contributed by atoms with Crippen LogP contribution in [0.2, 0.25) is 0 Å². The maximum Gasteiger partial charge on any atom is 0.251 e. The van der Waals surface area contributed by atoms with Gasteiger partial charge in [0.2, 0.25) is 10.0 Å². The number of nitrogens with two attached hydrogens (primary N) is 1. The molecular weight excluding hydrogens is 290 g/mol. The number of nitrogens with zero attached hydrogens (tertiary/aromatic N) is 1. The summed E-state index contributed by atoms with van der Waals surface area (Å²) in [5.74, 6) is 0.00114. The number of rotatable bonds is 3. The number of nitrogens with one attached hydrogen (secondary N) is 1. The van der Waals surface area contributed by atoms with E-state index in [-0.39, 0.29) is 22.8 Å². The lowest BCUT2D eigenvalue weighted by Gasteiger charge is -2.33. The van der Waals surface area contributed by atoms with Gasteiger partial charge in [0.15, 0.2) is 0 Å². The third-order valence-electron chi connectivity index (χ3n) is 3.64. The molecule has 1 amide bonds. The largest absolute Gasteiger partial charge is 0.355 e. The summed E-state index contributed by atoms with van der Waals surface area (Å²) >= 11 is 0. The third-order valence-corrected chi connectivity index (χ3v) is 5.49. The van der Waals surface area contributed by atoms with Crippen LogP contribution < -0.4 is 11.1 Å². The number of carbonyl (C=O) groups excluding carboxylic acids is 1. The second kappa shape index (κ2) is 6.13. The molecular formula is C14H21N3O3S. The summed E-state index contributed by atoms with van der Waals surface area (Å²) < 4.78 is 26.6. The summed E-state index contributed by atoms with van der Waals surface area (Å²) in [5.41, 5.74) is 6.34. The number of piperidine rings is 1. The van der Waals surface area contributed by atoms with E-state index in [9.17, 15) is 13.2 Å². The zero-order valence-corrected chi connectivity index (χ0v) is 13.1. The van der Waals surface area contributed by atoms with Crippen molar-refractivity contribution < 1.29 is 13.2 Å². The van der Waals surface area contributed by atoms with Crippen molar-refractivity contribution in [1.82, 2.24) is 9.62 Å². The molecule has 1 saturated heterocycles. The number of hydrogen-bond donors (Lipinski definition) is 2. The Balaban J connectivity index is 2.25.